The predicted molar refractivity (Wildman–Crippen MR) is 143 cm³/mol. The molecule has 3 aliphatic rings. The lowest BCUT2D eigenvalue weighted by Crippen LogP contribution is -2.32. The lowest BCUT2D eigenvalue weighted by atomic mass is 9.78. The first-order valence-electron chi connectivity index (χ1n) is 12.7. The smallest absolute Gasteiger partial charge is 0.157 e. The van der Waals surface area contributed by atoms with Crippen molar-refractivity contribution in [3.8, 4) is 28.7 Å². The van der Waals surface area contributed by atoms with Crippen LogP contribution in [0, 0.1) is 0 Å². The fourth-order valence-corrected chi connectivity index (χ4v) is 5.54. The Bertz CT molecular complexity index is 1530. The lowest BCUT2D eigenvalue weighted by molar-refractivity contribution is 0.00565. The van der Waals surface area contributed by atoms with Crippen LogP contribution in [0.5, 0.6) is 28.7 Å². The number of hydrogen-bond acceptors (Lipinski definition) is 9. The van der Waals surface area contributed by atoms with Gasteiger partial charge in [-0.05, 0) is 59.2 Å². The summed E-state index contributed by atoms with van der Waals surface area (Å²) in [7, 11) is 3.09. The van der Waals surface area contributed by atoms with Crippen molar-refractivity contribution in [2.24, 2.45) is 0 Å². The molecule has 0 radical (unpaired) electrons. The van der Waals surface area contributed by atoms with Crippen LogP contribution in [0.2, 0.25) is 0 Å². The molecule has 0 spiro atoms. The second-order valence-corrected chi connectivity index (χ2v) is 9.88. The number of methoxy groups -OCH3 is 2. The van der Waals surface area contributed by atoms with E-state index in [0.29, 0.717) is 45.3 Å². The second kappa shape index (κ2) is 9.86. The van der Waals surface area contributed by atoms with Crippen molar-refractivity contribution in [3.63, 3.8) is 0 Å². The van der Waals surface area contributed by atoms with Crippen LogP contribution in [-0.2, 0) is 9.47 Å². The summed E-state index contributed by atoms with van der Waals surface area (Å²) in [5.41, 5.74) is 2.90. The second-order valence-electron chi connectivity index (χ2n) is 9.88. The Morgan fingerprint density at radius 3 is 2.02 bits per heavy atom. The molecular weight excluding hydrogens is 516 g/mol. The third-order valence-electron chi connectivity index (χ3n) is 7.51. The van der Waals surface area contributed by atoms with Crippen molar-refractivity contribution in [3.05, 3.63) is 112 Å². The van der Waals surface area contributed by atoms with Gasteiger partial charge in [0.2, 0.25) is 0 Å². The highest BCUT2D eigenvalue weighted by molar-refractivity contribution is 5.57. The standard InChI is InChI=1S/C31H28O9/c1-37-19-9-17(10-20(12-19)38-2)27-28-26(40-31(27)16-5-8-22(33)23(34)11-16)14-25-21(29(28)36)13-24(35)30(39-25)15-3-6-18(32)7-4-15/h3-14,24,27,29-36H,1-2H3/t24-,27?,29?,30+,31?/m0/s1. The number of benzene rings is 3. The summed E-state index contributed by atoms with van der Waals surface area (Å²) in [6, 6.07) is 16.2. The van der Waals surface area contributed by atoms with E-state index in [9.17, 15) is 25.5 Å². The maximum Gasteiger partial charge on any atom is 0.157 e. The van der Waals surface area contributed by atoms with Crippen LogP contribution < -0.4 is 9.47 Å². The lowest BCUT2D eigenvalue weighted by Gasteiger charge is -2.35. The molecule has 0 fully saturated rings. The number of ether oxygens (including phenoxy) is 4. The quantitative estimate of drug-likeness (QED) is 0.299. The number of hydrogen-bond donors (Lipinski definition) is 5. The van der Waals surface area contributed by atoms with E-state index in [1.807, 2.05) is 12.1 Å². The Morgan fingerprint density at radius 2 is 1.38 bits per heavy atom. The van der Waals surface area contributed by atoms with Gasteiger partial charge in [-0.3, -0.25) is 0 Å². The minimum absolute atomic E-state index is 0.0956. The normalized spacial score (nSPS) is 25.1. The SMILES string of the molecule is COc1cc(OC)cc(C2C3=C(C=C4O[C@H](c5ccc(O)cc5)[C@@H](O)C=C4C3O)OC2c2ccc(O)c(O)c2)c1. The number of phenols is 3. The summed E-state index contributed by atoms with van der Waals surface area (Å²) < 4.78 is 23.6. The van der Waals surface area contributed by atoms with Crippen molar-refractivity contribution < 1.29 is 44.5 Å². The third kappa shape index (κ3) is 4.29. The molecule has 3 aromatic carbocycles. The largest absolute Gasteiger partial charge is 0.508 e. The summed E-state index contributed by atoms with van der Waals surface area (Å²) >= 11 is 0. The zero-order chi connectivity index (χ0) is 28.1. The molecule has 3 aromatic rings. The monoisotopic (exact) mass is 544 g/mol. The van der Waals surface area contributed by atoms with E-state index in [-0.39, 0.29) is 17.2 Å². The van der Waals surface area contributed by atoms with Crippen LogP contribution in [0.4, 0.5) is 0 Å². The van der Waals surface area contributed by atoms with E-state index >= 15 is 0 Å². The number of allylic oxidation sites excluding steroid dienone is 1. The van der Waals surface area contributed by atoms with Gasteiger partial charge in [0.25, 0.3) is 0 Å². The van der Waals surface area contributed by atoms with E-state index in [1.165, 1.54) is 24.3 Å². The Labute approximate surface area is 230 Å². The van der Waals surface area contributed by atoms with Crippen LogP contribution >= 0.6 is 0 Å². The Kier molecular flexibility index (Phi) is 6.32. The van der Waals surface area contributed by atoms with Crippen LogP contribution in [-0.4, -0.2) is 52.0 Å². The highest BCUT2D eigenvalue weighted by Gasteiger charge is 2.47. The van der Waals surface area contributed by atoms with Gasteiger partial charge in [-0.25, -0.2) is 0 Å². The first-order chi connectivity index (χ1) is 19.3. The maximum atomic E-state index is 11.7. The number of aliphatic hydroxyl groups excluding tert-OH is 2. The molecule has 0 saturated heterocycles. The first-order valence-corrected chi connectivity index (χ1v) is 12.7. The van der Waals surface area contributed by atoms with Crippen molar-refractivity contribution in [1.82, 2.24) is 0 Å². The van der Waals surface area contributed by atoms with Crippen molar-refractivity contribution in [2.45, 2.75) is 30.3 Å². The van der Waals surface area contributed by atoms with Crippen molar-refractivity contribution in [2.75, 3.05) is 14.2 Å². The van der Waals surface area contributed by atoms with Gasteiger partial charge in [0.05, 0.1) is 20.1 Å². The molecule has 206 valence electrons. The average Bonchev–Trinajstić information content (AvgIpc) is 3.34. The van der Waals surface area contributed by atoms with Crippen molar-refractivity contribution in [1.29, 1.82) is 0 Å². The van der Waals surface area contributed by atoms with Gasteiger partial charge in [0.15, 0.2) is 17.6 Å². The third-order valence-corrected chi connectivity index (χ3v) is 7.51. The Balaban J connectivity index is 1.46. The molecule has 0 bridgehead atoms. The van der Waals surface area contributed by atoms with Crippen LogP contribution in [0.15, 0.2) is 95.5 Å². The molecule has 3 unspecified atom stereocenters. The molecule has 9 heteroatoms. The molecule has 2 heterocycles. The molecule has 0 aromatic heterocycles. The highest BCUT2D eigenvalue weighted by atomic mass is 16.5. The molecule has 40 heavy (non-hydrogen) atoms. The number of aliphatic hydroxyl groups is 2. The van der Waals surface area contributed by atoms with Gasteiger partial charge in [0.1, 0.15) is 47.1 Å². The fraction of sp³-hybridized carbons (Fsp3) is 0.226. The van der Waals surface area contributed by atoms with Gasteiger partial charge in [-0.2, -0.15) is 0 Å². The minimum atomic E-state index is -1.18. The number of rotatable bonds is 5. The maximum absolute atomic E-state index is 11.7. The van der Waals surface area contributed by atoms with E-state index in [2.05, 4.69) is 0 Å². The summed E-state index contributed by atoms with van der Waals surface area (Å²) in [6.45, 7) is 0. The highest BCUT2D eigenvalue weighted by Crippen LogP contribution is 2.55. The molecule has 6 rings (SSSR count). The average molecular weight is 545 g/mol. The zero-order valence-electron chi connectivity index (χ0n) is 21.7. The zero-order valence-corrected chi connectivity index (χ0v) is 21.7. The van der Waals surface area contributed by atoms with Gasteiger partial charge in [-0.15, -0.1) is 0 Å². The molecule has 1 aliphatic carbocycles. The number of aromatic hydroxyl groups is 3. The summed E-state index contributed by atoms with van der Waals surface area (Å²) in [5.74, 6) is 0.818. The van der Waals surface area contributed by atoms with Crippen LogP contribution in [0.25, 0.3) is 0 Å². The van der Waals surface area contributed by atoms with Crippen molar-refractivity contribution >= 4 is 0 Å². The van der Waals surface area contributed by atoms with E-state index in [4.69, 9.17) is 18.9 Å². The van der Waals surface area contributed by atoms with E-state index in [1.54, 1.807) is 50.6 Å². The summed E-state index contributed by atoms with van der Waals surface area (Å²) in [6.07, 6.45) is -0.422. The molecule has 5 atom stereocenters. The first kappa shape index (κ1) is 25.7. The van der Waals surface area contributed by atoms with E-state index in [0.717, 1.165) is 5.56 Å². The molecule has 2 aliphatic heterocycles. The van der Waals surface area contributed by atoms with Gasteiger partial charge >= 0.3 is 0 Å². The van der Waals surface area contributed by atoms with E-state index < -0.39 is 30.3 Å². The predicted octanol–water partition coefficient (Wildman–Crippen LogP) is 4.25. The summed E-state index contributed by atoms with van der Waals surface area (Å²) in [4.78, 5) is 0. The number of fused-ring (bicyclic) bond motifs is 1. The molecule has 0 amide bonds. The summed E-state index contributed by atoms with van der Waals surface area (Å²) in [5, 5.41) is 52.5. The fourth-order valence-electron chi connectivity index (χ4n) is 5.54. The Hall–Kier alpha value is -4.60. The topological polar surface area (TPSA) is 138 Å². The van der Waals surface area contributed by atoms with Crippen LogP contribution in [0.3, 0.4) is 0 Å². The van der Waals surface area contributed by atoms with Gasteiger partial charge in [0, 0.05) is 23.3 Å². The molecular formula is C31H28O9. The van der Waals surface area contributed by atoms with Gasteiger partial charge in [-0.1, -0.05) is 18.2 Å². The Morgan fingerprint density at radius 1 is 0.700 bits per heavy atom. The van der Waals surface area contributed by atoms with Crippen LogP contribution in [0.1, 0.15) is 34.8 Å². The van der Waals surface area contributed by atoms with Gasteiger partial charge < -0.3 is 44.5 Å². The molecule has 5 N–H and O–H groups in total. The number of phenolic OH excluding ortho intramolecular Hbond substituents is 3. The molecule has 0 saturated carbocycles. The molecule has 9 nitrogen and oxygen atoms in total. The minimum Gasteiger partial charge on any atom is -0.508 e.